The summed E-state index contributed by atoms with van der Waals surface area (Å²) in [4.78, 5) is 12.9. The Morgan fingerprint density at radius 3 is 2.41 bits per heavy atom. The van der Waals surface area contributed by atoms with Crippen LogP contribution in [0.1, 0.15) is 18.4 Å². The van der Waals surface area contributed by atoms with Crippen LogP contribution < -0.4 is 5.73 Å². The second-order valence-electron chi connectivity index (χ2n) is 4.49. The SMILES string of the molecule is CN(C)[C@H](CCC(N)=O)Cc1ccc(O)cc1. The molecule has 0 heterocycles. The van der Waals surface area contributed by atoms with E-state index in [1.165, 1.54) is 0 Å². The summed E-state index contributed by atoms with van der Waals surface area (Å²) < 4.78 is 0. The van der Waals surface area contributed by atoms with Crippen LogP contribution >= 0.6 is 0 Å². The number of aromatic hydroxyl groups is 1. The number of likely N-dealkylation sites (N-methyl/N-ethyl adjacent to an activating group) is 1. The standard InChI is InChI=1S/C13H20N2O2/c1-15(2)11(5-8-13(14)17)9-10-3-6-12(16)7-4-10/h3-4,6-7,11,16H,5,8-9H2,1-2H3,(H2,14,17)/t11-/m1/s1. The molecule has 0 radical (unpaired) electrons. The van der Waals surface area contributed by atoms with Crippen LogP contribution in [0.2, 0.25) is 0 Å². The largest absolute Gasteiger partial charge is 0.508 e. The molecular formula is C13H20N2O2. The van der Waals surface area contributed by atoms with Crippen molar-refractivity contribution in [2.75, 3.05) is 14.1 Å². The minimum atomic E-state index is -0.262. The molecule has 0 aliphatic heterocycles. The molecule has 1 aromatic rings. The molecule has 1 amide bonds. The maximum absolute atomic E-state index is 10.8. The van der Waals surface area contributed by atoms with Crippen LogP contribution in [0.5, 0.6) is 5.75 Å². The number of hydrogen-bond donors (Lipinski definition) is 2. The minimum Gasteiger partial charge on any atom is -0.508 e. The van der Waals surface area contributed by atoms with Crippen LogP contribution in [0, 0.1) is 0 Å². The minimum absolute atomic E-state index is 0.262. The topological polar surface area (TPSA) is 66.6 Å². The van der Waals surface area contributed by atoms with Crippen molar-refractivity contribution in [3.8, 4) is 5.75 Å². The molecule has 94 valence electrons. The second kappa shape index (κ2) is 6.25. The first-order valence-corrected chi connectivity index (χ1v) is 5.71. The predicted octanol–water partition coefficient (Wildman–Crippen LogP) is 1.13. The van der Waals surface area contributed by atoms with Crippen LogP contribution in [-0.4, -0.2) is 36.1 Å². The van der Waals surface area contributed by atoms with Crippen LogP contribution in [0.15, 0.2) is 24.3 Å². The lowest BCUT2D eigenvalue weighted by Gasteiger charge is -2.24. The van der Waals surface area contributed by atoms with Gasteiger partial charge in [-0.3, -0.25) is 4.79 Å². The number of benzene rings is 1. The van der Waals surface area contributed by atoms with Crippen LogP contribution in [0.25, 0.3) is 0 Å². The fourth-order valence-electron chi connectivity index (χ4n) is 1.76. The van der Waals surface area contributed by atoms with Gasteiger partial charge in [0.25, 0.3) is 0 Å². The molecule has 0 spiro atoms. The van der Waals surface area contributed by atoms with Crippen LogP contribution in [0.4, 0.5) is 0 Å². The predicted molar refractivity (Wildman–Crippen MR) is 67.7 cm³/mol. The van der Waals surface area contributed by atoms with E-state index in [2.05, 4.69) is 4.90 Å². The lowest BCUT2D eigenvalue weighted by atomic mass is 10.0. The number of nitrogens with zero attached hydrogens (tertiary/aromatic N) is 1. The van der Waals surface area contributed by atoms with Gasteiger partial charge in [0.2, 0.25) is 5.91 Å². The fraction of sp³-hybridized carbons (Fsp3) is 0.462. The number of primary amides is 1. The van der Waals surface area contributed by atoms with Gasteiger partial charge in [0.15, 0.2) is 0 Å². The number of nitrogens with two attached hydrogens (primary N) is 1. The van der Waals surface area contributed by atoms with Gasteiger partial charge >= 0.3 is 0 Å². The lowest BCUT2D eigenvalue weighted by molar-refractivity contribution is -0.118. The van der Waals surface area contributed by atoms with Gasteiger partial charge in [0.1, 0.15) is 5.75 Å². The second-order valence-corrected chi connectivity index (χ2v) is 4.49. The number of amides is 1. The van der Waals surface area contributed by atoms with Crippen molar-refractivity contribution in [2.45, 2.75) is 25.3 Å². The molecule has 1 atom stereocenters. The summed E-state index contributed by atoms with van der Waals surface area (Å²) >= 11 is 0. The van der Waals surface area contributed by atoms with E-state index in [0.717, 1.165) is 18.4 Å². The Hall–Kier alpha value is -1.55. The molecule has 0 bridgehead atoms. The Morgan fingerprint density at radius 1 is 1.35 bits per heavy atom. The molecule has 1 rings (SSSR count). The maximum atomic E-state index is 10.8. The monoisotopic (exact) mass is 236 g/mol. The number of phenolic OH excluding ortho intramolecular Hbond substituents is 1. The normalized spacial score (nSPS) is 12.6. The lowest BCUT2D eigenvalue weighted by Crippen LogP contribution is -2.31. The van der Waals surface area contributed by atoms with Crippen molar-refractivity contribution in [2.24, 2.45) is 5.73 Å². The van der Waals surface area contributed by atoms with E-state index in [0.29, 0.717) is 6.42 Å². The Balaban J connectivity index is 2.60. The molecule has 0 saturated heterocycles. The fourth-order valence-corrected chi connectivity index (χ4v) is 1.76. The van der Waals surface area contributed by atoms with Crippen molar-refractivity contribution in [3.63, 3.8) is 0 Å². The van der Waals surface area contributed by atoms with E-state index >= 15 is 0 Å². The number of rotatable bonds is 6. The smallest absolute Gasteiger partial charge is 0.217 e. The number of carbonyl (C=O) groups is 1. The van der Waals surface area contributed by atoms with Crippen molar-refractivity contribution < 1.29 is 9.90 Å². The highest BCUT2D eigenvalue weighted by Crippen LogP contribution is 2.15. The van der Waals surface area contributed by atoms with Gasteiger partial charge in [-0.25, -0.2) is 0 Å². The summed E-state index contributed by atoms with van der Waals surface area (Å²) in [5, 5.41) is 9.20. The van der Waals surface area contributed by atoms with E-state index in [1.807, 2.05) is 26.2 Å². The molecule has 0 aliphatic rings. The average Bonchev–Trinajstić information content (AvgIpc) is 2.26. The van der Waals surface area contributed by atoms with E-state index in [1.54, 1.807) is 12.1 Å². The van der Waals surface area contributed by atoms with E-state index in [-0.39, 0.29) is 17.7 Å². The van der Waals surface area contributed by atoms with E-state index in [9.17, 15) is 9.90 Å². The zero-order chi connectivity index (χ0) is 12.8. The van der Waals surface area contributed by atoms with Gasteiger partial charge in [0, 0.05) is 12.5 Å². The van der Waals surface area contributed by atoms with Crippen molar-refractivity contribution >= 4 is 5.91 Å². The summed E-state index contributed by atoms with van der Waals surface area (Å²) in [7, 11) is 3.98. The van der Waals surface area contributed by atoms with Crippen LogP contribution in [-0.2, 0) is 11.2 Å². The zero-order valence-corrected chi connectivity index (χ0v) is 10.4. The van der Waals surface area contributed by atoms with Crippen molar-refractivity contribution in [1.29, 1.82) is 0 Å². The van der Waals surface area contributed by atoms with Crippen molar-refractivity contribution in [1.82, 2.24) is 4.90 Å². The van der Waals surface area contributed by atoms with Crippen molar-refractivity contribution in [3.05, 3.63) is 29.8 Å². The molecular weight excluding hydrogens is 216 g/mol. The molecule has 4 nitrogen and oxygen atoms in total. The third-order valence-electron chi connectivity index (χ3n) is 2.86. The third-order valence-corrected chi connectivity index (χ3v) is 2.86. The molecule has 17 heavy (non-hydrogen) atoms. The molecule has 1 aromatic carbocycles. The van der Waals surface area contributed by atoms with Gasteiger partial charge in [-0.15, -0.1) is 0 Å². The molecule has 0 fully saturated rings. The molecule has 0 unspecified atom stereocenters. The average molecular weight is 236 g/mol. The van der Waals surface area contributed by atoms with Gasteiger partial charge in [-0.2, -0.15) is 0 Å². The highest BCUT2D eigenvalue weighted by Gasteiger charge is 2.13. The Bertz CT molecular complexity index is 360. The summed E-state index contributed by atoms with van der Waals surface area (Å²) in [5.41, 5.74) is 6.31. The van der Waals surface area contributed by atoms with Gasteiger partial charge in [-0.05, 0) is 44.6 Å². The first-order chi connectivity index (χ1) is 7.99. The Labute approximate surface area is 102 Å². The summed E-state index contributed by atoms with van der Waals surface area (Å²) in [5.74, 6) is 0.00912. The highest BCUT2D eigenvalue weighted by molar-refractivity contribution is 5.73. The molecule has 4 heteroatoms. The Morgan fingerprint density at radius 2 is 1.94 bits per heavy atom. The van der Waals surface area contributed by atoms with E-state index < -0.39 is 0 Å². The third kappa shape index (κ3) is 4.87. The molecule has 0 aromatic heterocycles. The number of hydrogen-bond acceptors (Lipinski definition) is 3. The first-order valence-electron chi connectivity index (χ1n) is 5.71. The zero-order valence-electron chi connectivity index (χ0n) is 10.4. The highest BCUT2D eigenvalue weighted by atomic mass is 16.3. The number of phenols is 1. The van der Waals surface area contributed by atoms with Gasteiger partial charge in [0.05, 0.1) is 0 Å². The van der Waals surface area contributed by atoms with Gasteiger partial charge in [-0.1, -0.05) is 12.1 Å². The summed E-state index contributed by atoms with van der Waals surface area (Å²) in [6.45, 7) is 0. The first kappa shape index (κ1) is 13.5. The molecule has 0 saturated carbocycles. The quantitative estimate of drug-likeness (QED) is 0.778. The molecule has 3 N–H and O–H groups in total. The molecule has 0 aliphatic carbocycles. The van der Waals surface area contributed by atoms with Gasteiger partial charge < -0.3 is 15.7 Å². The summed E-state index contributed by atoms with van der Waals surface area (Å²) in [6, 6.07) is 7.44. The summed E-state index contributed by atoms with van der Waals surface area (Å²) in [6.07, 6.45) is 2.00. The maximum Gasteiger partial charge on any atom is 0.217 e. The van der Waals surface area contributed by atoms with Crippen LogP contribution in [0.3, 0.4) is 0 Å². The van der Waals surface area contributed by atoms with E-state index in [4.69, 9.17) is 5.73 Å². The number of carbonyl (C=O) groups excluding carboxylic acids is 1. The Kier molecular flexibility index (Phi) is 4.97.